The number of halogens is 2. The van der Waals surface area contributed by atoms with Crippen LogP contribution in [0.1, 0.15) is 39.5 Å². The predicted molar refractivity (Wildman–Crippen MR) is 172 cm³/mol. The van der Waals surface area contributed by atoms with Crippen molar-refractivity contribution >= 4 is 46.1 Å². The van der Waals surface area contributed by atoms with Gasteiger partial charge >= 0.3 is 0 Å². The lowest BCUT2D eigenvalue weighted by atomic mass is 9.91. The van der Waals surface area contributed by atoms with Crippen LogP contribution in [0.4, 0.5) is 5.95 Å². The maximum Gasteiger partial charge on any atom is 0.264 e. The number of ether oxygens (including phenoxy) is 2. The van der Waals surface area contributed by atoms with Crippen molar-refractivity contribution in [3.05, 3.63) is 50.4 Å². The van der Waals surface area contributed by atoms with Gasteiger partial charge in [-0.2, -0.15) is 10.2 Å². The monoisotopic (exact) mass is 641 g/mol. The lowest BCUT2D eigenvalue weighted by Crippen LogP contribution is -2.40. The Balaban J connectivity index is 1.59. The number of pyridine rings is 1. The fourth-order valence-electron chi connectivity index (χ4n) is 5.44. The topological polar surface area (TPSA) is 148 Å². The largest absolute Gasteiger partial charge is 0.495 e. The van der Waals surface area contributed by atoms with E-state index in [1.165, 1.54) is 20.3 Å². The van der Waals surface area contributed by atoms with E-state index >= 15 is 0 Å². The normalized spacial score (nSPS) is 14.4. The highest BCUT2D eigenvalue weighted by atomic mass is 35.5. The number of nitrogens with zero attached hydrogens (tertiary/aromatic N) is 5. The average Bonchev–Trinajstić information content (AvgIpc) is 3.00. The maximum absolute atomic E-state index is 14.1. The smallest absolute Gasteiger partial charge is 0.264 e. The number of nitrogens with one attached hydrogen (secondary N) is 1. The molecular weight excluding hydrogens is 605 g/mol. The molecule has 3 heterocycles. The Hall–Kier alpha value is -3.85. The molecule has 0 saturated carbocycles. The van der Waals surface area contributed by atoms with Crippen molar-refractivity contribution in [2.75, 3.05) is 39.7 Å². The molecule has 0 radical (unpaired) electrons. The minimum absolute atomic E-state index is 0.0684. The van der Waals surface area contributed by atoms with Gasteiger partial charge in [0.25, 0.3) is 11.5 Å². The Bertz CT molecular complexity index is 1660. The summed E-state index contributed by atoms with van der Waals surface area (Å²) < 4.78 is 12.5. The molecule has 1 aromatic carbocycles. The molecule has 3 aromatic rings. The molecule has 44 heavy (non-hydrogen) atoms. The molecule has 11 nitrogen and oxygen atoms in total. The highest BCUT2D eigenvalue weighted by Crippen LogP contribution is 2.45. The third kappa shape index (κ3) is 7.09. The quantitative estimate of drug-likeness (QED) is 0.229. The van der Waals surface area contributed by atoms with Crippen LogP contribution in [0.25, 0.3) is 22.2 Å². The maximum atomic E-state index is 14.1. The molecule has 3 N–H and O–H groups in total. The summed E-state index contributed by atoms with van der Waals surface area (Å²) in [4.78, 5) is 37.6. The van der Waals surface area contributed by atoms with Crippen LogP contribution in [0.2, 0.25) is 10.0 Å². The molecule has 1 aliphatic heterocycles. The van der Waals surface area contributed by atoms with Crippen LogP contribution < -0.4 is 26.1 Å². The van der Waals surface area contributed by atoms with Crippen molar-refractivity contribution in [1.29, 1.82) is 5.26 Å². The molecule has 13 heteroatoms. The molecule has 1 aliphatic rings. The van der Waals surface area contributed by atoms with Crippen LogP contribution in [0.15, 0.2) is 34.8 Å². The Morgan fingerprint density at radius 1 is 1.20 bits per heavy atom. The van der Waals surface area contributed by atoms with E-state index in [2.05, 4.69) is 15.3 Å². The van der Waals surface area contributed by atoms with E-state index in [0.29, 0.717) is 66.0 Å². The number of anilines is 1. The zero-order valence-electron chi connectivity index (χ0n) is 25.5. The lowest BCUT2D eigenvalue weighted by Gasteiger charge is -2.32. The summed E-state index contributed by atoms with van der Waals surface area (Å²) in [6.45, 7) is 5.00. The highest BCUT2D eigenvalue weighted by molar-refractivity contribution is 6.41. The molecule has 4 rings (SSSR count). The lowest BCUT2D eigenvalue weighted by molar-refractivity contribution is -0.128. The number of piperidine rings is 1. The van der Waals surface area contributed by atoms with Gasteiger partial charge in [-0.1, -0.05) is 23.2 Å². The van der Waals surface area contributed by atoms with Crippen molar-refractivity contribution in [2.45, 2.75) is 51.6 Å². The van der Waals surface area contributed by atoms with Gasteiger partial charge in [0.15, 0.2) is 0 Å². The highest BCUT2D eigenvalue weighted by Gasteiger charge is 2.27. The second-order valence-electron chi connectivity index (χ2n) is 11.4. The van der Waals surface area contributed by atoms with Gasteiger partial charge < -0.3 is 25.4 Å². The summed E-state index contributed by atoms with van der Waals surface area (Å²) in [6, 6.07) is 5.25. The van der Waals surface area contributed by atoms with Crippen LogP contribution in [-0.4, -0.2) is 65.2 Å². The van der Waals surface area contributed by atoms with Gasteiger partial charge in [0.2, 0.25) is 5.95 Å². The number of amides is 1. The zero-order chi connectivity index (χ0) is 32.2. The average molecular weight is 643 g/mol. The van der Waals surface area contributed by atoms with Crippen molar-refractivity contribution in [3.63, 3.8) is 0 Å². The summed E-state index contributed by atoms with van der Waals surface area (Å²) in [7, 11) is 4.67. The fraction of sp³-hybridized carbons (Fsp3) is 0.452. The number of aryl methyl sites for hydroxylation is 1. The summed E-state index contributed by atoms with van der Waals surface area (Å²) in [5, 5.41) is 13.4. The van der Waals surface area contributed by atoms with Gasteiger partial charge in [-0.15, -0.1) is 0 Å². The van der Waals surface area contributed by atoms with E-state index < -0.39 is 5.54 Å². The first-order valence-corrected chi connectivity index (χ1v) is 15.1. The number of rotatable bonds is 10. The zero-order valence-corrected chi connectivity index (χ0v) is 27.1. The van der Waals surface area contributed by atoms with Crippen LogP contribution >= 0.6 is 23.2 Å². The Morgan fingerprint density at radius 2 is 1.84 bits per heavy atom. The SMILES string of the molecule is CNc1ncc2cc(-c3c(Cl)c(OC)cc(OC)c3Cl)c(=O)n(CCCC3CCN(C(=O)/C(C#N)=C\C(C)(C)N)CC3)c2n1. The molecule has 0 aliphatic carbocycles. The van der Waals surface area contributed by atoms with E-state index in [0.717, 1.165) is 19.3 Å². The third-order valence-corrected chi connectivity index (χ3v) is 8.41. The summed E-state index contributed by atoms with van der Waals surface area (Å²) in [6.07, 6.45) is 6.30. The molecule has 0 bridgehead atoms. The van der Waals surface area contributed by atoms with Gasteiger partial charge in [-0.3, -0.25) is 14.2 Å². The molecule has 2 aromatic heterocycles. The Labute approximate surface area is 266 Å². The number of aromatic nitrogens is 3. The Morgan fingerprint density at radius 3 is 2.39 bits per heavy atom. The van der Waals surface area contributed by atoms with Crippen LogP contribution in [-0.2, 0) is 11.3 Å². The van der Waals surface area contributed by atoms with Crippen molar-refractivity contribution < 1.29 is 14.3 Å². The van der Waals surface area contributed by atoms with Gasteiger partial charge in [0, 0.05) is 55.4 Å². The van der Waals surface area contributed by atoms with Crippen molar-refractivity contribution in [1.82, 2.24) is 19.4 Å². The molecule has 1 saturated heterocycles. The number of benzene rings is 1. The van der Waals surface area contributed by atoms with E-state index in [1.54, 1.807) is 48.7 Å². The number of carbonyl (C=O) groups is 1. The van der Waals surface area contributed by atoms with E-state index in [1.807, 2.05) is 6.07 Å². The van der Waals surface area contributed by atoms with Gasteiger partial charge in [0.1, 0.15) is 28.8 Å². The first kappa shape index (κ1) is 33.1. The number of likely N-dealkylation sites (tertiary alicyclic amines) is 1. The molecule has 1 amide bonds. The van der Waals surface area contributed by atoms with Gasteiger partial charge in [0.05, 0.1) is 29.8 Å². The number of hydrogen-bond acceptors (Lipinski definition) is 9. The molecule has 234 valence electrons. The molecule has 0 atom stereocenters. The first-order valence-electron chi connectivity index (χ1n) is 14.3. The molecule has 0 unspecified atom stereocenters. The fourth-order valence-corrected chi connectivity index (χ4v) is 6.14. The molecular formula is C31H37Cl2N7O4. The third-order valence-electron chi connectivity index (χ3n) is 7.66. The second kappa shape index (κ2) is 13.8. The van der Waals surface area contributed by atoms with Gasteiger partial charge in [-0.05, 0) is 57.6 Å². The van der Waals surface area contributed by atoms with Crippen LogP contribution in [0.5, 0.6) is 11.5 Å². The second-order valence-corrected chi connectivity index (χ2v) is 12.1. The number of fused-ring (bicyclic) bond motifs is 1. The number of nitrogens with two attached hydrogens (primary N) is 1. The Kier molecular flexibility index (Phi) is 10.4. The van der Waals surface area contributed by atoms with E-state index in [4.69, 9.17) is 38.4 Å². The number of carbonyl (C=O) groups excluding carboxylic acids is 1. The summed E-state index contributed by atoms with van der Waals surface area (Å²) in [5.41, 5.74) is 6.06. The summed E-state index contributed by atoms with van der Waals surface area (Å²) in [5.74, 6) is 1.11. The van der Waals surface area contributed by atoms with E-state index in [-0.39, 0.29) is 32.6 Å². The van der Waals surface area contributed by atoms with E-state index in [9.17, 15) is 14.9 Å². The number of nitriles is 1. The minimum Gasteiger partial charge on any atom is -0.495 e. The van der Waals surface area contributed by atoms with Crippen molar-refractivity contribution in [3.8, 4) is 28.7 Å². The van der Waals surface area contributed by atoms with Gasteiger partial charge in [-0.25, -0.2) is 4.98 Å². The van der Waals surface area contributed by atoms with Crippen molar-refractivity contribution in [2.24, 2.45) is 11.7 Å². The number of methoxy groups -OCH3 is 2. The molecule has 0 spiro atoms. The molecule has 1 fully saturated rings. The van der Waals surface area contributed by atoms with Crippen LogP contribution in [0.3, 0.4) is 0 Å². The minimum atomic E-state index is -0.757. The number of hydrogen-bond donors (Lipinski definition) is 2. The standard InChI is InChI=1S/C31H37Cl2N7O4/c1-31(2,35)15-20(16-34)28(41)39-11-8-18(9-12-39)7-6-10-40-27-19(17-37-30(36-3)38-27)13-21(29(40)42)24-25(32)22(43-4)14-23(44-5)26(24)33/h13-15,17-18H,6-12,35H2,1-5H3,(H,36,37,38)/b20-15-. The first-order chi connectivity index (χ1) is 20.9. The summed E-state index contributed by atoms with van der Waals surface area (Å²) >= 11 is 13.4. The van der Waals surface area contributed by atoms with Crippen LogP contribution in [0, 0.1) is 17.2 Å². The predicted octanol–water partition coefficient (Wildman–Crippen LogP) is 5.03.